The average molecular weight is 191 g/mol. The van der Waals surface area contributed by atoms with Gasteiger partial charge >= 0.3 is 11.9 Å². The third-order valence-electron chi connectivity index (χ3n) is 1.50. The molecule has 0 radical (unpaired) electrons. The van der Waals surface area contributed by atoms with E-state index in [2.05, 4.69) is 10.1 Å². The molecule has 1 heterocycles. The first-order valence-electron chi connectivity index (χ1n) is 3.33. The number of carboxylic acids is 1. The minimum Gasteiger partial charge on any atom is -0.480 e. The summed E-state index contributed by atoms with van der Waals surface area (Å²) < 4.78 is 4.45. The number of rotatable bonds is 2. The Morgan fingerprint density at radius 3 is 2.75 bits per heavy atom. The zero-order chi connectivity index (χ0) is 9.14. The van der Waals surface area contributed by atoms with Crippen LogP contribution in [0.3, 0.4) is 0 Å². The average Bonchev–Trinajstić information content (AvgIpc) is 2.51. The Morgan fingerprint density at radius 2 is 2.33 bits per heavy atom. The van der Waals surface area contributed by atoms with Gasteiger partial charge in [0.25, 0.3) is 0 Å². The molecule has 0 amide bonds. The molecule has 1 aliphatic rings. The van der Waals surface area contributed by atoms with Crippen molar-refractivity contribution >= 4 is 23.7 Å². The van der Waals surface area contributed by atoms with Crippen molar-refractivity contribution in [1.82, 2.24) is 5.32 Å². The summed E-state index contributed by atoms with van der Waals surface area (Å²) in [6, 6.07) is -0.640. The van der Waals surface area contributed by atoms with E-state index in [9.17, 15) is 9.59 Å². The highest BCUT2D eigenvalue weighted by atomic mass is 32.2. The third-order valence-corrected chi connectivity index (χ3v) is 2.68. The fourth-order valence-electron chi connectivity index (χ4n) is 0.857. The first-order valence-corrected chi connectivity index (χ1v) is 4.38. The molecule has 0 bridgehead atoms. The van der Waals surface area contributed by atoms with Gasteiger partial charge in [0.1, 0.15) is 6.04 Å². The van der Waals surface area contributed by atoms with E-state index in [0.29, 0.717) is 5.75 Å². The van der Waals surface area contributed by atoms with Gasteiger partial charge in [-0.1, -0.05) is 0 Å². The van der Waals surface area contributed by atoms with E-state index in [-0.39, 0.29) is 0 Å². The molecule has 68 valence electrons. The van der Waals surface area contributed by atoms with E-state index in [0.717, 1.165) is 0 Å². The Bertz CT molecular complexity index is 208. The van der Waals surface area contributed by atoms with Gasteiger partial charge in [0, 0.05) is 5.75 Å². The largest absolute Gasteiger partial charge is 0.480 e. The Hall–Kier alpha value is -0.750. The van der Waals surface area contributed by atoms with Crippen LogP contribution in [0.5, 0.6) is 0 Å². The summed E-state index contributed by atoms with van der Waals surface area (Å²) in [6.07, 6.45) is 0. The van der Waals surface area contributed by atoms with Crippen molar-refractivity contribution in [3.05, 3.63) is 0 Å². The van der Waals surface area contributed by atoms with Crippen molar-refractivity contribution in [2.45, 2.75) is 11.4 Å². The SMILES string of the molecule is COC(=O)[C@@H]1NC(C(=O)O)CS1. The normalized spacial score (nSPS) is 28.4. The highest BCUT2D eigenvalue weighted by Crippen LogP contribution is 2.19. The highest BCUT2D eigenvalue weighted by molar-refractivity contribution is 8.00. The number of hydrogen-bond donors (Lipinski definition) is 2. The summed E-state index contributed by atoms with van der Waals surface area (Å²) in [4.78, 5) is 21.3. The minimum absolute atomic E-state index is 0.398. The molecule has 1 fully saturated rings. The number of carboxylic acid groups (broad SMARTS) is 1. The van der Waals surface area contributed by atoms with Crippen LogP contribution in [0, 0.1) is 0 Å². The molecule has 12 heavy (non-hydrogen) atoms. The second kappa shape index (κ2) is 3.77. The number of methoxy groups -OCH3 is 1. The number of nitrogens with one attached hydrogen (secondary N) is 1. The number of ether oxygens (including phenoxy) is 1. The first kappa shape index (κ1) is 9.34. The van der Waals surface area contributed by atoms with Crippen LogP contribution in [0.2, 0.25) is 0 Å². The van der Waals surface area contributed by atoms with Gasteiger partial charge in [-0.2, -0.15) is 0 Å². The van der Waals surface area contributed by atoms with E-state index < -0.39 is 23.4 Å². The fourth-order valence-corrected chi connectivity index (χ4v) is 1.97. The zero-order valence-corrected chi connectivity index (χ0v) is 7.26. The third kappa shape index (κ3) is 1.89. The van der Waals surface area contributed by atoms with Gasteiger partial charge in [-0.15, -0.1) is 11.8 Å². The lowest BCUT2D eigenvalue weighted by atomic mass is 10.3. The number of aliphatic carboxylic acids is 1. The van der Waals surface area contributed by atoms with Crippen LogP contribution in [0.1, 0.15) is 0 Å². The van der Waals surface area contributed by atoms with Crippen LogP contribution in [0.4, 0.5) is 0 Å². The Balaban J connectivity index is 2.45. The summed E-state index contributed by atoms with van der Waals surface area (Å²) in [5, 5.41) is 10.7. The van der Waals surface area contributed by atoms with Gasteiger partial charge < -0.3 is 9.84 Å². The molecule has 6 heteroatoms. The lowest BCUT2D eigenvalue weighted by Crippen LogP contribution is -2.40. The van der Waals surface area contributed by atoms with E-state index in [4.69, 9.17) is 5.11 Å². The Kier molecular flexibility index (Phi) is 2.93. The summed E-state index contributed by atoms with van der Waals surface area (Å²) in [5.74, 6) is -0.965. The Labute approximate surface area is 73.5 Å². The molecule has 2 atom stereocenters. The number of carbonyl (C=O) groups is 2. The monoisotopic (exact) mass is 191 g/mol. The second-order valence-electron chi connectivity index (χ2n) is 2.29. The van der Waals surface area contributed by atoms with Gasteiger partial charge in [-0.3, -0.25) is 10.1 Å². The summed E-state index contributed by atoms with van der Waals surface area (Å²) in [6.45, 7) is 0. The minimum atomic E-state index is -0.936. The van der Waals surface area contributed by atoms with Crippen LogP contribution in [0.15, 0.2) is 0 Å². The highest BCUT2D eigenvalue weighted by Gasteiger charge is 2.34. The first-order chi connectivity index (χ1) is 5.65. The maximum atomic E-state index is 10.9. The summed E-state index contributed by atoms with van der Waals surface area (Å²) >= 11 is 1.24. The summed E-state index contributed by atoms with van der Waals surface area (Å²) in [5.41, 5.74) is 0. The van der Waals surface area contributed by atoms with Gasteiger partial charge in [-0.05, 0) is 0 Å². The molecule has 1 saturated heterocycles. The van der Waals surface area contributed by atoms with E-state index in [1.807, 2.05) is 0 Å². The molecule has 0 spiro atoms. The van der Waals surface area contributed by atoms with Gasteiger partial charge in [0.15, 0.2) is 5.37 Å². The molecule has 0 aromatic heterocycles. The molecule has 0 aliphatic carbocycles. The number of carbonyl (C=O) groups excluding carboxylic acids is 1. The second-order valence-corrected chi connectivity index (χ2v) is 3.43. The van der Waals surface area contributed by atoms with E-state index in [1.54, 1.807) is 0 Å². The maximum absolute atomic E-state index is 10.9. The molecule has 0 aromatic rings. The van der Waals surface area contributed by atoms with Gasteiger partial charge in [0.05, 0.1) is 7.11 Å². The quantitative estimate of drug-likeness (QED) is 0.561. The number of hydrogen-bond acceptors (Lipinski definition) is 5. The molecular formula is C6H9NO4S. The van der Waals surface area contributed by atoms with Crippen LogP contribution in [0.25, 0.3) is 0 Å². The number of thioether (sulfide) groups is 1. The fraction of sp³-hybridized carbons (Fsp3) is 0.667. The molecule has 5 nitrogen and oxygen atoms in total. The standard InChI is InChI=1S/C6H9NO4S/c1-11-6(10)4-7-3(2-12-4)5(8)9/h3-4,7H,2H2,1H3,(H,8,9)/t3?,4-/m1/s1. The van der Waals surface area contributed by atoms with Gasteiger partial charge in [0.2, 0.25) is 0 Å². The number of esters is 1. The predicted molar refractivity (Wildman–Crippen MR) is 42.8 cm³/mol. The van der Waals surface area contributed by atoms with Crippen molar-refractivity contribution in [2.75, 3.05) is 12.9 Å². The van der Waals surface area contributed by atoms with Crippen LogP contribution in [-0.2, 0) is 14.3 Å². The molecule has 0 saturated carbocycles. The molecular weight excluding hydrogens is 182 g/mol. The smallest absolute Gasteiger partial charge is 0.333 e. The molecule has 1 unspecified atom stereocenters. The van der Waals surface area contributed by atoms with Crippen molar-refractivity contribution < 1.29 is 19.4 Å². The molecule has 1 rings (SSSR count). The van der Waals surface area contributed by atoms with Crippen LogP contribution >= 0.6 is 11.8 Å². The zero-order valence-electron chi connectivity index (χ0n) is 6.44. The van der Waals surface area contributed by atoms with Crippen molar-refractivity contribution in [3.8, 4) is 0 Å². The van der Waals surface area contributed by atoms with E-state index in [1.165, 1.54) is 18.9 Å². The lowest BCUT2D eigenvalue weighted by molar-refractivity contribution is -0.141. The van der Waals surface area contributed by atoms with Crippen molar-refractivity contribution in [1.29, 1.82) is 0 Å². The van der Waals surface area contributed by atoms with Crippen LogP contribution in [-0.4, -0.2) is 41.3 Å². The van der Waals surface area contributed by atoms with Crippen LogP contribution < -0.4 is 5.32 Å². The summed E-state index contributed by atoms with van der Waals surface area (Å²) in [7, 11) is 1.28. The lowest BCUT2D eigenvalue weighted by Gasteiger charge is -2.07. The molecule has 2 N–H and O–H groups in total. The van der Waals surface area contributed by atoms with E-state index >= 15 is 0 Å². The maximum Gasteiger partial charge on any atom is 0.333 e. The molecule has 0 aromatic carbocycles. The van der Waals surface area contributed by atoms with Crippen molar-refractivity contribution in [2.24, 2.45) is 0 Å². The van der Waals surface area contributed by atoms with Crippen molar-refractivity contribution in [3.63, 3.8) is 0 Å². The predicted octanol–water partition coefficient (Wildman–Crippen LogP) is -0.725. The van der Waals surface area contributed by atoms with Gasteiger partial charge in [-0.25, -0.2) is 4.79 Å². The Morgan fingerprint density at radius 1 is 1.67 bits per heavy atom. The topological polar surface area (TPSA) is 75.6 Å². The molecule has 1 aliphatic heterocycles.